The summed E-state index contributed by atoms with van der Waals surface area (Å²) in [6.45, 7) is 2.51. The van der Waals surface area contributed by atoms with Crippen molar-refractivity contribution in [3.8, 4) is 0 Å². The van der Waals surface area contributed by atoms with Gasteiger partial charge in [-0.15, -0.1) is 0 Å². The Bertz CT molecular complexity index is 289. The van der Waals surface area contributed by atoms with Crippen LogP contribution in [0.3, 0.4) is 0 Å². The van der Waals surface area contributed by atoms with Crippen LogP contribution >= 0.6 is 11.3 Å². The van der Waals surface area contributed by atoms with E-state index in [-0.39, 0.29) is 12.2 Å². The Kier molecular flexibility index (Phi) is 3.75. The normalized spacial score (nSPS) is 25.3. The maximum Gasteiger partial charge on any atom is 0.0964 e. The molecular formula is C11H17NO2S. The van der Waals surface area contributed by atoms with Crippen molar-refractivity contribution < 1.29 is 9.84 Å². The van der Waals surface area contributed by atoms with Gasteiger partial charge in [0.25, 0.3) is 0 Å². The third-order valence-electron chi connectivity index (χ3n) is 2.75. The first-order valence-corrected chi connectivity index (χ1v) is 6.19. The second kappa shape index (κ2) is 5.07. The van der Waals surface area contributed by atoms with Crippen LogP contribution in [0.2, 0.25) is 0 Å². The van der Waals surface area contributed by atoms with E-state index in [1.807, 2.05) is 5.38 Å². The zero-order chi connectivity index (χ0) is 10.7. The van der Waals surface area contributed by atoms with Gasteiger partial charge in [0.15, 0.2) is 0 Å². The summed E-state index contributed by atoms with van der Waals surface area (Å²) in [5, 5.41) is 14.1. The quantitative estimate of drug-likeness (QED) is 0.835. The maximum atomic E-state index is 10.0. The third kappa shape index (κ3) is 3.01. The Balaban J connectivity index is 1.87. The van der Waals surface area contributed by atoms with Crippen LogP contribution in [0.25, 0.3) is 0 Å². The van der Waals surface area contributed by atoms with Gasteiger partial charge in [0.2, 0.25) is 0 Å². The lowest BCUT2D eigenvalue weighted by molar-refractivity contribution is -0.0823. The van der Waals surface area contributed by atoms with E-state index in [9.17, 15) is 5.11 Å². The van der Waals surface area contributed by atoms with Crippen LogP contribution in [0.1, 0.15) is 5.56 Å². The smallest absolute Gasteiger partial charge is 0.0964 e. The first-order chi connectivity index (χ1) is 7.25. The van der Waals surface area contributed by atoms with Crippen molar-refractivity contribution >= 4 is 11.3 Å². The van der Waals surface area contributed by atoms with Crippen LogP contribution in [-0.2, 0) is 11.2 Å². The Morgan fingerprint density at radius 1 is 1.73 bits per heavy atom. The molecule has 15 heavy (non-hydrogen) atoms. The summed E-state index contributed by atoms with van der Waals surface area (Å²) in [6.07, 6.45) is 0.271. The molecule has 84 valence electrons. The number of likely N-dealkylation sites (N-methyl/N-ethyl adjacent to an activating group) is 1. The Labute approximate surface area is 94.3 Å². The number of ether oxygens (including phenoxy) is 1. The number of aliphatic hydroxyl groups is 1. The van der Waals surface area contributed by atoms with Crippen LogP contribution in [0.4, 0.5) is 0 Å². The second-order valence-electron chi connectivity index (χ2n) is 4.07. The molecule has 0 amide bonds. The molecule has 2 unspecified atom stereocenters. The average Bonchev–Trinajstić information content (AvgIpc) is 2.70. The van der Waals surface area contributed by atoms with Gasteiger partial charge >= 0.3 is 0 Å². The summed E-state index contributed by atoms with van der Waals surface area (Å²) in [7, 11) is 2.06. The molecule has 0 bridgehead atoms. The van der Waals surface area contributed by atoms with Gasteiger partial charge < -0.3 is 14.7 Å². The number of morpholine rings is 1. The average molecular weight is 227 g/mol. The standard InChI is InChI=1S/C11H17NO2S/c1-12-3-4-14-11(7-12)10(13)6-9-2-5-15-8-9/h2,5,8,10-11,13H,3-4,6-7H2,1H3. The molecule has 1 fully saturated rings. The molecule has 2 atom stereocenters. The van der Waals surface area contributed by atoms with E-state index in [4.69, 9.17) is 4.74 Å². The molecule has 1 N–H and O–H groups in total. The largest absolute Gasteiger partial charge is 0.390 e. The number of hydrogen-bond acceptors (Lipinski definition) is 4. The minimum Gasteiger partial charge on any atom is -0.390 e. The lowest BCUT2D eigenvalue weighted by atomic mass is 10.1. The highest BCUT2D eigenvalue weighted by molar-refractivity contribution is 7.07. The molecule has 0 aromatic carbocycles. The molecule has 0 saturated carbocycles. The van der Waals surface area contributed by atoms with Gasteiger partial charge in [0.05, 0.1) is 18.8 Å². The van der Waals surface area contributed by atoms with Crippen molar-refractivity contribution in [2.75, 3.05) is 26.7 Å². The van der Waals surface area contributed by atoms with Gasteiger partial charge in [-0.25, -0.2) is 0 Å². The zero-order valence-corrected chi connectivity index (χ0v) is 9.74. The number of aliphatic hydroxyl groups excluding tert-OH is 1. The Morgan fingerprint density at radius 2 is 2.60 bits per heavy atom. The van der Waals surface area contributed by atoms with Crippen molar-refractivity contribution in [3.05, 3.63) is 22.4 Å². The van der Waals surface area contributed by atoms with Crippen LogP contribution in [-0.4, -0.2) is 49.0 Å². The van der Waals surface area contributed by atoms with Gasteiger partial charge in [-0.05, 0) is 29.4 Å². The van der Waals surface area contributed by atoms with Crippen molar-refractivity contribution in [2.45, 2.75) is 18.6 Å². The SMILES string of the molecule is CN1CCOC(C(O)Cc2ccsc2)C1. The van der Waals surface area contributed by atoms with E-state index < -0.39 is 0 Å². The molecule has 4 heteroatoms. The fraction of sp³-hybridized carbons (Fsp3) is 0.636. The zero-order valence-electron chi connectivity index (χ0n) is 8.93. The molecule has 2 heterocycles. The first kappa shape index (κ1) is 11.1. The molecule has 1 aliphatic rings. The third-order valence-corrected chi connectivity index (χ3v) is 3.48. The van der Waals surface area contributed by atoms with Gasteiger partial charge in [-0.3, -0.25) is 0 Å². The predicted octanol–water partition coefficient (Wildman–Crippen LogP) is 0.982. The van der Waals surface area contributed by atoms with Crippen molar-refractivity contribution in [1.29, 1.82) is 0 Å². The first-order valence-electron chi connectivity index (χ1n) is 5.25. The van der Waals surface area contributed by atoms with Crippen LogP contribution < -0.4 is 0 Å². The number of thiophene rings is 1. The second-order valence-corrected chi connectivity index (χ2v) is 4.85. The van der Waals surface area contributed by atoms with E-state index in [1.54, 1.807) is 11.3 Å². The summed E-state index contributed by atoms with van der Waals surface area (Å²) in [4.78, 5) is 2.20. The number of rotatable bonds is 3. The summed E-state index contributed by atoms with van der Waals surface area (Å²) in [5.41, 5.74) is 1.20. The van der Waals surface area contributed by atoms with E-state index in [1.165, 1.54) is 5.56 Å². The lowest BCUT2D eigenvalue weighted by Crippen LogP contribution is -2.46. The number of nitrogens with zero attached hydrogens (tertiary/aromatic N) is 1. The molecule has 0 aliphatic carbocycles. The topological polar surface area (TPSA) is 32.7 Å². The van der Waals surface area contributed by atoms with Crippen molar-refractivity contribution in [2.24, 2.45) is 0 Å². The van der Waals surface area contributed by atoms with Crippen LogP contribution in [0.15, 0.2) is 16.8 Å². The fourth-order valence-electron chi connectivity index (χ4n) is 1.83. The molecule has 1 aromatic heterocycles. The van der Waals surface area contributed by atoms with Gasteiger partial charge in [0, 0.05) is 19.5 Å². The van der Waals surface area contributed by atoms with Crippen molar-refractivity contribution in [1.82, 2.24) is 4.90 Å². The number of hydrogen-bond donors (Lipinski definition) is 1. The predicted molar refractivity (Wildman–Crippen MR) is 61.3 cm³/mol. The monoisotopic (exact) mass is 227 g/mol. The molecule has 1 saturated heterocycles. The maximum absolute atomic E-state index is 10.0. The van der Waals surface area contributed by atoms with E-state index in [0.717, 1.165) is 19.7 Å². The molecular weight excluding hydrogens is 210 g/mol. The van der Waals surface area contributed by atoms with Gasteiger partial charge in [0.1, 0.15) is 0 Å². The summed E-state index contributed by atoms with van der Waals surface area (Å²) < 4.78 is 5.57. The van der Waals surface area contributed by atoms with Crippen molar-refractivity contribution in [3.63, 3.8) is 0 Å². The Morgan fingerprint density at radius 3 is 3.27 bits per heavy atom. The van der Waals surface area contributed by atoms with E-state index in [2.05, 4.69) is 23.4 Å². The molecule has 0 radical (unpaired) electrons. The van der Waals surface area contributed by atoms with Gasteiger partial charge in [-0.1, -0.05) is 0 Å². The summed E-state index contributed by atoms with van der Waals surface area (Å²) in [5.74, 6) is 0. The molecule has 1 aliphatic heterocycles. The molecule has 1 aromatic rings. The summed E-state index contributed by atoms with van der Waals surface area (Å²) in [6, 6.07) is 2.06. The van der Waals surface area contributed by atoms with E-state index >= 15 is 0 Å². The highest BCUT2D eigenvalue weighted by Gasteiger charge is 2.25. The molecule has 0 spiro atoms. The fourth-order valence-corrected chi connectivity index (χ4v) is 2.51. The minimum absolute atomic E-state index is 0.0383. The molecule has 2 rings (SSSR count). The lowest BCUT2D eigenvalue weighted by Gasteiger charge is -2.32. The highest BCUT2D eigenvalue weighted by Crippen LogP contribution is 2.14. The summed E-state index contributed by atoms with van der Waals surface area (Å²) >= 11 is 1.67. The molecule has 3 nitrogen and oxygen atoms in total. The Hall–Kier alpha value is -0.420. The van der Waals surface area contributed by atoms with Crippen LogP contribution in [0.5, 0.6) is 0 Å². The minimum atomic E-state index is -0.387. The van der Waals surface area contributed by atoms with Crippen LogP contribution in [0, 0.1) is 0 Å². The van der Waals surface area contributed by atoms with E-state index in [0.29, 0.717) is 6.42 Å². The van der Waals surface area contributed by atoms with Gasteiger partial charge in [-0.2, -0.15) is 11.3 Å². The highest BCUT2D eigenvalue weighted by atomic mass is 32.1.